The number of fused-ring (bicyclic) bond motifs is 1. The standard InChI is InChI=1S/C26H35N3O2.C3H6O3/c1-4-8-21-12-13-22(26(28-21)18-9-6-5-7-10-18)27-17-20-15-23-19(16-24(20)31-3)11-14-25(30)29(23)2;1-2(4)3(5)6/h5-7,9-10,15-16,21-22,26-28H,4,8,11-14,17H2,1-3H3;2,4H,1H3,(H,5,6). The van der Waals surface area contributed by atoms with Gasteiger partial charge in [0.25, 0.3) is 0 Å². The number of carbonyl (C=O) groups is 2. The second kappa shape index (κ2) is 13.6. The molecule has 0 saturated carbocycles. The van der Waals surface area contributed by atoms with E-state index in [1.54, 1.807) is 12.0 Å². The predicted octanol–water partition coefficient (Wildman–Crippen LogP) is 3.81. The van der Waals surface area contributed by atoms with E-state index in [9.17, 15) is 9.59 Å². The number of hydrogen-bond acceptors (Lipinski definition) is 6. The first-order valence-corrected chi connectivity index (χ1v) is 13.2. The topological polar surface area (TPSA) is 111 Å². The minimum atomic E-state index is -1.23. The van der Waals surface area contributed by atoms with Crippen LogP contribution in [-0.2, 0) is 22.6 Å². The SMILES string of the molecule is CC(O)C(=O)O.CCCC1CCC(NCc2cc3c(cc2OC)CCC(=O)N3C)C(c2ccccc2)N1. The smallest absolute Gasteiger partial charge is 0.332 e. The summed E-state index contributed by atoms with van der Waals surface area (Å²) in [6.07, 6.45) is 4.87. The highest BCUT2D eigenvalue weighted by molar-refractivity contribution is 5.96. The van der Waals surface area contributed by atoms with Crippen LogP contribution in [0.3, 0.4) is 0 Å². The summed E-state index contributed by atoms with van der Waals surface area (Å²) in [4.78, 5) is 23.4. The van der Waals surface area contributed by atoms with Crippen LogP contribution in [0, 0.1) is 0 Å². The predicted molar refractivity (Wildman–Crippen MR) is 145 cm³/mol. The van der Waals surface area contributed by atoms with E-state index in [0.29, 0.717) is 31.1 Å². The number of aryl methyl sites for hydroxylation is 1. The van der Waals surface area contributed by atoms with Crippen LogP contribution in [0.2, 0.25) is 0 Å². The summed E-state index contributed by atoms with van der Waals surface area (Å²) in [6.45, 7) is 4.17. The van der Waals surface area contributed by atoms with E-state index in [1.807, 2.05) is 7.05 Å². The number of nitrogens with zero attached hydrogens (tertiary/aromatic N) is 1. The van der Waals surface area contributed by atoms with Crippen LogP contribution in [0.4, 0.5) is 5.69 Å². The second-order valence-corrected chi connectivity index (χ2v) is 9.87. The van der Waals surface area contributed by atoms with Crippen LogP contribution in [0.5, 0.6) is 5.75 Å². The van der Waals surface area contributed by atoms with Gasteiger partial charge in [0.05, 0.1) is 7.11 Å². The van der Waals surface area contributed by atoms with Crippen molar-refractivity contribution in [3.8, 4) is 5.75 Å². The minimum absolute atomic E-state index is 0.180. The average Bonchev–Trinajstić information content (AvgIpc) is 2.90. The molecule has 202 valence electrons. The van der Waals surface area contributed by atoms with Gasteiger partial charge in [-0.3, -0.25) is 4.79 Å². The number of rotatable bonds is 8. The number of piperidine rings is 1. The first-order chi connectivity index (χ1) is 17.7. The van der Waals surface area contributed by atoms with Gasteiger partial charge < -0.3 is 30.5 Å². The van der Waals surface area contributed by atoms with Crippen LogP contribution < -0.4 is 20.3 Å². The molecule has 2 aliphatic rings. The number of carbonyl (C=O) groups excluding carboxylic acids is 1. The number of carboxylic acid groups (broad SMARTS) is 1. The molecule has 37 heavy (non-hydrogen) atoms. The molecule has 4 rings (SSSR count). The van der Waals surface area contributed by atoms with E-state index in [4.69, 9.17) is 14.9 Å². The number of amides is 1. The number of aliphatic carboxylic acids is 1. The summed E-state index contributed by atoms with van der Waals surface area (Å²) in [6, 6.07) is 16.2. The van der Waals surface area contributed by atoms with Crippen molar-refractivity contribution in [2.24, 2.45) is 0 Å². The lowest BCUT2D eigenvalue weighted by atomic mass is 9.87. The van der Waals surface area contributed by atoms with E-state index in [-0.39, 0.29) is 5.91 Å². The first kappa shape index (κ1) is 28.6. The minimum Gasteiger partial charge on any atom is -0.496 e. The average molecular weight is 512 g/mol. The molecule has 0 radical (unpaired) electrons. The fourth-order valence-electron chi connectivity index (χ4n) is 5.06. The quantitative estimate of drug-likeness (QED) is 0.427. The highest BCUT2D eigenvalue weighted by Gasteiger charge is 2.31. The molecule has 2 aliphatic heterocycles. The zero-order valence-electron chi connectivity index (χ0n) is 22.4. The van der Waals surface area contributed by atoms with Crippen molar-refractivity contribution in [3.05, 3.63) is 59.2 Å². The third kappa shape index (κ3) is 7.53. The normalized spacial score (nSPS) is 21.9. The molecule has 2 aromatic rings. The lowest BCUT2D eigenvalue weighted by molar-refractivity contribution is -0.145. The molecule has 1 saturated heterocycles. The monoisotopic (exact) mass is 511 g/mol. The van der Waals surface area contributed by atoms with E-state index in [2.05, 4.69) is 60.0 Å². The van der Waals surface area contributed by atoms with Gasteiger partial charge in [0.2, 0.25) is 5.91 Å². The van der Waals surface area contributed by atoms with Gasteiger partial charge in [-0.25, -0.2) is 4.79 Å². The summed E-state index contributed by atoms with van der Waals surface area (Å²) >= 11 is 0. The lowest BCUT2D eigenvalue weighted by Crippen LogP contribution is -2.50. The molecule has 0 aliphatic carbocycles. The molecule has 4 unspecified atom stereocenters. The number of aliphatic hydroxyl groups excluding tert-OH is 1. The maximum Gasteiger partial charge on any atom is 0.332 e. The molecule has 1 fully saturated rings. The highest BCUT2D eigenvalue weighted by atomic mass is 16.5. The highest BCUT2D eigenvalue weighted by Crippen LogP contribution is 2.34. The number of aliphatic hydroxyl groups is 1. The molecular formula is C29H41N3O5. The van der Waals surface area contributed by atoms with Crippen LogP contribution >= 0.6 is 0 Å². The molecule has 0 spiro atoms. The van der Waals surface area contributed by atoms with Crippen molar-refractivity contribution in [2.75, 3.05) is 19.1 Å². The Morgan fingerprint density at radius 3 is 2.54 bits per heavy atom. The molecule has 2 heterocycles. The Hall–Kier alpha value is -2.94. The number of carboxylic acids is 1. The van der Waals surface area contributed by atoms with Crippen molar-refractivity contribution >= 4 is 17.6 Å². The van der Waals surface area contributed by atoms with E-state index >= 15 is 0 Å². The van der Waals surface area contributed by atoms with Crippen molar-refractivity contribution in [1.29, 1.82) is 0 Å². The molecule has 2 aromatic carbocycles. The molecule has 0 bridgehead atoms. The molecular weight excluding hydrogens is 470 g/mol. The summed E-state index contributed by atoms with van der Waals surface area (Å²) in [5.74, 6) is -0.105. The largest absolute Gasteiger partial charge is 0.496 e. The van der Waals surface area contributed by atoms with Crippen molar-refractivity contribution in [3.63, 3.8) is 0 Å². The third-order valence-corrected chi connectivity index (χ3v) is 7.18. The summed E-state index contributed by atoms with van der Waals surface area (Å²) in [5.41, 5.74) is 4.64. The van der Waals surface area contributed by atoms with Crippen molar-refractivity contribution < 1.29 is 24.5 Å². The number of benzene rings is 2. The summed E-state index contributed by atoms with van der Waals surface area (Å²) < 4.78 is 5.71. The van der Waals surface area contributed by atoms with Crippen molar-refractivity contribution in [2.45, 2.75) is 83.1 Å². The number of nitrogens with one attached hydrogen (secondary N) is 2. The van der Waals surface area contributed by atoms with Crippen LogP contribution in [0.25, 0.3) is 0 Å². The Kier molecular flexibility index (Phi) is 10.5. The Labute approximate surface area is 220 Å². The summed E-state index contributed by atoms with van der Waals surface area (Å²) in [7, 11) is 3.60. The zero-order valence-corrected chi connectivity index (χ0v) is 22.4. The first-order valence-electron chi connectivity index (χ1n) is 13.2. The van der Waals surface area contributed by atoms with Gasteiger partial charge in [-0.1, -0.05) is 43.7 Å². The van der Waals surface area contributed by atoms with Crippen molar-refractivity contribution in [1.82, 2.24) is 10.6 Å². The fourth-order valence-corrected chi connectivity index (χ4v) is 5.06. The van der Waals surface area contributed by atoms with E-state index < -0.39 is 12.1 Å². The van der Waals surface area contributed by atoms with Gasteiger partial charge in [-0.15, -0.1) is 0 Å². The molecule has 0 aromatic heterocycles. The Bertz CT molecular complexity index is 1040. The van der Waals surface area contributed by atoms with E-state index in [0.717, 1.165) is 29.8 Å². The zero-order chi connectivity index (χ0) is 26.9. The van der Waals surface area contributed by atoms with Gasteiger partial charge in [-0.2, -0.15) is 0 Å². The molecule has 1 amide bonds. The molecule has 8 heteroatoms. The molecule has 4 atom stereocenters. The maximum absolute atomic E-state index is 12.2. The number of hydrogen-bond donors (Lipinski definition) is 4. The number of ether oxygens (including phenoxy) is 1. The van der Waals surface area contributed by atoms with Gasteiger partial charge in [-0.05, 0) is 55.9 Å². The Balaban J connectivity index is 0.000000568. The Morgan fingerprint density at radius 2 is 1.92 bits per heavy atom. The van der Waals surface area contributed by atoms with Gasteiger partial charge in [0.15, 0.2) is 0 Å². The number of anilines is 1. The van der Waals surface area contributed by atoms with Gasteiger partial charge >= 0.3 is 5.97 Å². The third-order valence-electron chi connectivity index (χ3n) is 7.18. The van der Waals surface area contributed by atoms with Crippen LogP contribution in [-0.4, -0.2) is 54.4 Å². The van der Waals surface area contributed by atoms with Gasteiger partial charge in [0, 0.05) is 49.4 Å². The van der Waals surface area contributed by atoms with Gasteiger partial charge in [0.1, 0.15) is 11.9 Å². The number of methoxy groups -OCH3 is 1. The summed E-state index contributed by atoms with van der Waals surface area (Å²) in [5, 5.41) is 23.5. The van der Waals surface area contributed by atoms with E-state index in [1.165, 1.54) is 37.3 Å². The lowest BCUT2D eigenvalue weighted by Gasteiger charge is -2.39. The Morgan fingerprint density at radius 1 is 1.22 bits per heavy atom. The van der Waals surface area contributed by atoms with Crippen LogP contribution in [0.15, 0.2) is 42.5 Å². The molecule has 4 N–H and O–H groups in total. The molecule has 8 nitrogen and oxygen atoms in total. The maximum atomic E-state index is 12.2. The van der Waals surface area contributed by atoms with Crippen LogP contribution in [0.1, 0.15) is 68.7 Å². The fraction of sp³-hybridized carbons (Fsp3) is 0.517. The second-order valence-electron chi connectivity index (χ2n) is 9.87.